The molecule has 1 aromatic heterocycles. The van der Waals surface area contributed by atoms with E-state index in [4.69, 9.17) is 4.98 Å². The van der Waals surface area contributed by atoms with E-state index in [1.807, 2.05) is 18.2 Å². The van der Waals surface area contributed by atoms with Gasteiger partial charge in [-0.2, -0.15) is 0 Å². The average molecular weight is 450 g/mol. The molecule has 2 aromatic carbocycles. The van der Waals surface area contributed by atoms with Crippen LogP contribution in [0.4, 0.5) is 4.39 Å². The second-order valence-electron chi connectivity index (χ2n) is 7.38. The molecule has 1 amide bonds. The zero-order valence-corrected chi connectivity index (χ0v) is 18.1. The Morgan fingerprint density at radius 3 is 2.33 bits per heavy atom. The minimum absolute atomic E-state index is 0. The lowest BCUT2D eigenvalue weighted by Crippen LogP contribution is -2.42. The molecule has 1 heterocycles. The first-order chi connectivity index (χ1) is 13.7. The van der Waals surface area contributed by atoms with E-state index in [0.29, 0.717) is 6.04 Å². The van der Waals surface area contributed by atoms with Gasteiger partial charge in [0.25, 0.3) is 5.91 Å². The van der Waals surface area contributed by atoms with Gasteiger partial charge in [-0.05, 0) is 49.9 Å². The number of fused-ring (bicyclic) bond motifs is 1. The van der Waals surface area contributed by atoms with Gasteiger partial charge in [-0.3, -0.25) is 9.78 Å². The molecule has 0 atom stereocenters. The molecular formula is C23H26Cl2FN3O. The van der Waals surface area contributed by atoms with Gasteiger partial charge in [0.05, 0.1) is 16.8 Å². The van der Waals surface area contributed by atoms with Crippen LogP contribution in [0.15, 0.2) is 60.7 Å². The first kappa shape index (κ1) is 24.1. The zero-order valence-electron chi connectivity index (χ0n) is 16.5. The lowest BCUT2D eigenvalue weighted by molar-refractivity contribution is 0.0920. The molecule has 0 spiro atoms. The van der Waals surface area contributed by atoms with E-state index in [1.54, 1.807) is 12.1 Å². The zero-order chi connectivity index (χ0) is 19.3. The summed E-state index contributed by atoms with van der Waals surface area (Å²) in [6.07, 6.45) is 3.75. The molecule has 0 unspecified atom stereocenters. The Morgan fingerprint density at radius 2 is 1.57 bits per heavy atom. The van der Waals surface area contributed by atoms with E-state index in [0.717, 1.165) is 48.8 Å². The number of hydrogen-bond donors (Lipinski definition) is 2. The van der Waals surface area contributed by atoms with E-state index in [1.165, 1.54) is 12.1 Å². The van der Waals surface area contributed by atoms with E-state index < -0.39 is 5.82 Å². The van der Waals surface area contributed by atoms with Gasteiger partial charge in [-0.15, -0.1) is 24.8 Å². The minimum Gasteiger partial charge on any atom is -0.349 e. The Labute approximate surface area is 188 Å². The molecule has 0 aliphatic heterocycles. The summed E-state index contributed by atoms with van der Waals surface area (Å²) in [6.45, 7) is 0.738. The van der Waals surface area contributed by atoms with Crippen molar-refractivity contribution in [1.82, 2.24) is 15.6 Å². The summed E-state index contributed by atoms with van der Waals surface area (Å²) in [5.41, 5.74) is 2.17. The lowest BCUT2D eigenvalue weighted by atomic mass is 9.91. The maximum Gasteiger partial charge on any atom is 0.254 e. The van der Waals surface area contributed by atoms with Crippen LogP contribution in [0.5, 0.6) is 0 Å². The highest BCUT2D eigenvalue weighted by molar-refractivity contribution is 5.94. The summed E-state index contributed by atoms with van der Waals surface area (Å²) in [6, 6.07) is 18.9. The molecule has 7 heteroatoms. The number of carbonyl (C=O) groups excluding carboxylic acids is 1. The topological polar surface area (TPSA) is 54.0 Å². The molecule has 0 saturated heterocycles. The van der Waals surface area contributed by atoms with Gasteiger partial charge in [0.1, 0.15) is 5.82 Å². The number of para-hydroxylation sites is 1. The second-order valence-corrected chi connectivity index (χ2v) is 7.38. The summed E-state index contributed by atoms with van der Waals surface area (Å²) in [4.78, 5) is 17.0. The summed E-state index contributed by atoms with van der Waals surface area (Å²) in [5.74, 6) is -0.798. The van der Waals surface area contributed by atoms with Crippen molar-refractivity contribution in [3.63, 3.8) is 0 Å². The molecule has 1 saturated carbocycles. The molecule has 0 radical (unpaired) electrons. The SMILES string of the molecule is Cl.Cl.O=C(N[C@H]1CC[C@@H](NCc2ccc3ccccc3n2)CC1)c1ccccc1F. The van der Waals surface area contributed by atoms with Crippen molar-refractivity contribution in [1.29, 1.82) is 0 Å². The van der Waals surface area contributed by atoms with Crippen molar-refractivity contribution >= 4 is 41.6 Å². The second kappa shape index (κ2) is 11.3. The Bertz CT molecular complexity index is 977. The number of rotatable bonds is 5. The normalized spacial score (nSPS) is 18.2. The van der Waals surface area contributed by atoms with Crippen LogP contribution in [0.1, 0.15) is 41.7 Å². The average Bonchev–Trinajstić information content (AvgIpc) is 2.73. The van der Waals surface area contributed by atoms with Crippen LogP contribution < -0.4 is 10.6 Å². The van der Waals surface area contributed by atoms with Crippen molar-refractivity contribution in [2.24, 2.45) is 0 Å². The molecule has 4 rings (SSSR count). The molecule has 30 heavy (non-hydrogen) atoms. The number of carbonyl (C=O) groups is 1. The van der Waals surface area contributed by atoms with Crippen LogP contribution in [0, 0.1) is 5.82 Å². The van der Waals surface area contributed by atoms with Gasteiger partial charge in [-0.25, -0.2) is 4.39 Å². The van der Waals surface area contributed by atoms with Crippen molar-refractivity contribution < 1.29 is 9.18 Å². The molecule has 3 aromatic rings. The molecule has 1 fully saturated rings. The van der Waals surface area contributed by atoms with E-state index in [2.05, 4.69) is 28.8 Å². The molecule has 1 aliphatic carbocycles. The van der Waals surface area contributed by atoms with Crippen LogP contribution >= 0.6 is 24.8 Å². The molecule has 4 nitrogen and oxygen atoms in total. The number of nitrogens with one attached hydrogen (secondary N) is 2. The largest absolute Gasteiger partial charge is 0.349 e. The van der Waals surface area contributed by atoms with Gasteiger partial charge in [0, 0.05) is 24.0 Å². The monoisotopic (exact) mass is 449 g/mol. The van der Waals surface area contributed by atoms with Crippen molar-refractivity contribution in [2.45, 2.75) is 44.3 Å². The summed E-state index contributed by atoms with van der Waals surface area (Å²) >= 11 is 0. The fourth-order valence-electron chi connectivity index (χ4n) is 3.81. The number of pyridine rings is 1. The Hall–Kier alpha value is -2.21. The van der Waals surface area contributed by atoms with E-state index in [9.17, 15) is 9.18 Å². The van der Waals surface area contributed by atoms with Crippen molar-refractivity contribution in [3.8, 4) is 0 Å². The third kappa shape index (κ3) is 5.91. The number of aromatic nitrogens is 1. The molecule has 2 N–H and O–H groups in total. The first-order valence-electron chi connectivity index (χ1n) is 9.82. The number of hydrogen-bond acceptors (Lipinski definition) is 3. The predicted molar refractivity (Wildman–Crippen MR) is 123 cm³/mol. The fourth-order valence-corrected chi connectivity index (χ4v) is 3.81. The van der Waals surface area contributed by atoms with Gasteiger partial charge < -0.3 is 10.6 Å². The van der Waals surface area contributed by atoms with Crippen LogP contribution in [0.3, 0.4) is 0 Å². The molecular weight excluding hydrogens is 424 g/mol. The predicted octanol–water partition coefficient (Wildman–Crippen LogP) is 5.05. The Kier molecular flexibility index (Phi) is 9.03. The quantitative estimate of drug-likeness (QED) is 0.572. The van der Waals surface area contributed by atoms with Crippen LogP contribution in [0.25, 0.3) is 10.9 Å². The van der Waals surface area contributed by atoms with Gasteiger partial charge in [0.2, 0.25) is 0 Å². The highest BCUT2D eigenvalue weighted by atomic mass is 35.5. The summed E-state index contributed by atoms with van der Waals surface area (Å²) < 4.78 is 13.7. The maximum absolute atomic E-state index is 13.7. The molecule has 160 valence electrons. The van der Waals surface area contributed by atoms with Crippen LogP contribution in [-0.4, -0.2) is 23.0 Å². The van der Waals surface area contributed by atoms with E-state index >= 15 is 0 Å². The fraction of sp³-hybridized carbons (Fsp3) is 0.304. The number of halogens is 3. The third-order valence-electron chi connectivity index (χ3n) is 5.41. The van der Waals surface area contributed by atoms with Crippen LogP contribution in [-0.2, 0) is 6.54 Å². The highest BCUT2D eigenvalue weighted by Crippen LogP contribution is 2.20. The third-order valence-corrected chi connectivity index (χ3v) is 5.41. The van der Waals surface area contributed by atoms with Gasteiger partial charge in [0.15, 0.2) is 0 Å². The Balaban J connectivity index is 0.00000160. The smallest absolute Gasteiger partial charge is 0.254 e. The number of nitrogens with zero attached hydrogens (tertiary/aromatic N) is 1. The van der Waals surface area contributed by atoms with Gasteiger partial charge >= 0.3 is 0 Å². The lowest BCUT2D eigenvalue weighted by Gasteiger charge is -2.29. The Morgan fingerprint density at radius 1 is 0.900 bits per heavy atom. The van der Waals surface area contributed by atoms with Crippen molar-refractivity contribution in [2.75, 3.05) is 0 Å². The molecule has 0 bridgehead atoms. The number of benzene rings is 2. The standard InChI is InChI=1S/C23H24FN3O.2ClH/c24-21-7-3-2-6-20(21)23(28)27-18-13-11-17(12-14-18)25-15-19-10-9-16-5-1-4-8-22(16)26-19;;/h1-10,17-18,25H,11-15H2,(H,27,28);2*1H/t17-,18+;;. The number of amides is 1. The molecule has 1 aliphatic rings. The highest BCUT2D eigenvalue weighted by Gasteiger charge is 2.23. The minimum atomic E-state index is -0.474. The summed E-state index contributed by atoms with van der Waals surface area (Å²) in [5, 5.41) is 7.70. The van der Waals surface area contributed by atoms with Crippen molar-refractivity contribution in [3.05, 3.63) is 77.7 Å². The maximum atomic E-state index is 13.7. The van der Waals surface area contributed by atoms with Gasteiger partial charge in [-0.1, -0.05) is 36.4 Å². The van der Waals surface area contributed by atoms with E-state index in [-0.39, 0.29) is 42.3 Å². The summed E-state index contributed by atoms with van der Waals surface area (Å²) in [7, 11) is 0. The van der Waals surface area contributed by atoms with Crippen LogP contribution in [0.2, 0.25) is 0 Å². The first-order valence-corrected chi connectivity index (χ1v) is 9.82.